The van der Waals surface area contributed by atoms with Crippen LogP contribution in [0, 0.1) is 5.92 Å². The van der Waals surface area contributed by atoms with Crippen molar-refractivity contribution in [3.8, 4) is 0 Å². The van der Waals surface area contributed by atoms with E-state index in [1.54, 1.807) is 0 Å². The second-order valence-electron chi connectivity index (χ2n) is 3.00. The monoisotopic (exact) mass is 173 g/mol. The number of aliphatic hydroxyl groups excluding tert-OH is 1. The van der Waals surface area contributed by atoms with E-state index in [2.05, 4.69) is 0 Å². The molecule has 68 valence electrons. The van der Waals surface area contributed by atoms with E-state index in [0.717, 1.165) is 4.90 Å². The zero-order chi connectivity index (χ0) is 9.46. The number of hydrogen-bond donors (Lipinski definition) is 2. The van der Waals surface area contributed by atoms with Crippen molar-refractivity contribution in [1.82, 2.24) is 4.90 Å². The number of nitrogens with zero attached hydrogens (tertiary/aromatic N) is 1. The van der Waals surface area contributed by atoms with Gasteiger partial charge >= 0.3 is 5.97 Å². The lowest BCUT2D eigenvalue weighted by atomic mass is 9.84. The molecule has 0 saturated carbocycles. The van der Waals surface area contributed by atoms with Crippen LogP contribution in [-0.2, 0) is 9.59 Å². The topological polar surface area (TPSA) is 77.8 Å². The van der Waals surface area contributed by atoms with E-state index in [1.165, 1.54) is 14.0 Å². The summed E-state index contributed by atoms with van der Waals surface area (Å²) >= 11 is 0. The summed E-state index contributed by atoms with van der Waals surface area (Å²) in [6.45, 7) is 1.42. The number of aliphatic hydroxyl groups is 1. The Bertz CT molecular complexity index is 225. The molecule has 1 rings (SSSR count). The highest BCUT2D eigenvalue weighted by Crippen LogP contribution is 2.27. The van der Waals surface area contributed by atoms with Crippen LogP contribution in [-0.4, -0.2) is 46.2 Å². The molecule has 1 aliphatic heterocycles. The Labute approximate surface area is 69.6 Å². The number of carboxylic acids is 1. The Morgan fingerprint density at radius 1 is 1.67 bits per heavy atom. The van der Waals surface area contributed by atoms with Gasteiger partial charge in [-0.25, -0.2) is 4.79 Å². The highest BCUT2D eigenvalue weighted by atomic mass is 16.4. The molecule has 0 radical (unpaired) electrons. The van der Waals surface area contributed by atoms with Crippen LogP contribution in [0.15, 0.2) is 0 Å². The molecule has 5 nitrogen and oxygen atoms in total. The summed E-state index contributed by atoms with van der Waals surface area (Å²) in [5, 5.41) is 17.7. The number of carbonyl (C=O) groups is 2. The lowest BCUT2D eigenvalue weighted by molar-refractivity contribution is -0.174. The molecule has 5 heteroatoms. The second kappa shape index (κ2) is 2.75. The largest absolute Gasteiger partial charge is 0.480 e. The molecule has 1 heterocycles. The maximum atomic E-state index is 11.0. The van der Waals surface area contributed by atoms with Gasteiger partial charge in [-0.15, -0.1) is 0 Å². The van der Waals surface area contributed by atoms with Gasteiger partial charge in [0.25, 0.3) is 0 Å². The van der Waals surface area contributed by atoms with E-state index in [1.807, 2.05) is 0 Å². The molecule has 3 unspecified atom stereocenters. The predicted octanol–water partition coefficient (Wildman–Crippen LogP) is -1.09. The van der Waals surface area contributed by atoms with Crippen molar-refractivity contribution < 1.29 is 19.8 Å². The summed E-state index contributed by atoms with van der Waals surface area (Å²) in [7, 11) is 1.42. The highest BCUT2D eigenvalue weighted by Gasteiger charge is 2.51. The third kappa shape index (κ3) is 1.06. The van der Waals surface area contributed by atoms with E-state index in [-0.39, 0.29) is 5.91 Å². The first kappa shape index (κ1) is 8.99. The average Bonchev–Trinajstić information content (AvgIpc) is 1.96. The first-order valence-electron chi connectivity index (χ1n) is 3.64. The second-order valence-corrected chi connectivity index (χ2v) is 3.00. The number of hydrogen-bond acceptors (Lipinski definition) is 3. The molecular formula is C7H11NO4. The Balaban J connectivity index is 2.75. The van der Waals surface area contributed by atoms with Gasteiger partial charge in [-0.2, -0.15) is 0 Å². The van der Waals surface area contributed by atoms with Crippen LogP contribution in [0.4, 0.5) is 0 Å². The summed E-state index contributed by atoms with van der Waals surface area (Å²) in [5.41, 5.74) is 0. The van der Waals surface area contributed by atoms with Crippen LogP contribution in [0.3, 0.4) is 0 Å². The van der Waals surface area contributed by atoms with Crippen LogP contribution >= 0.6 is 0 Å². The maximum absolute atomic E-state index is 11.0. The van der Waals surface area contributed by atoms with Crippen LogP contribution in [0.25, 0.3) is 0 Å². The standard InChI is InChI=1S/C7H11NO4/c1-3(9)4-5(7(11)12)8(2)6(4)10/h3-5,9H,1-2H3,(H,11,12). The first-order valence-corrected chi connectivity index (χ1v) is 3.64. The summed E-state index contributed by atoms with van der Waals surface area (Å²) in [6.07, 6.45) is -0.894. The van der Waals surface area contributed by atoms with Gasteiger partial charge in [0, 0.05) is 7.05 Å². The van der Waals surface area contributed by atoms with Crippen molar-refractivity contribution in [2.75, 3.05) is 7.05 Å². The zero-order valence-corrected chi connectivity index (χ0v) is 6.89. The van der Waals surface area contributed by atoms with Gasteiger partial charge in [0.15, 0.2) is 0 Å². The van der Waals surface area contributed by atoms with Gasteiger partial charge in [-0.1, -0.05) is 0 Å². The minimum Gasteiger partial charge on any atom is -0.480 e. The molecule has 1 fully saturated rings. The van der Waals surface area contributed by atoms with Crippen molar-refractivity contribution >= 4 is 11.9 Å². The summed E-state index contributed by atoms with van der Waals surface area (Å²) in [5.74, 6) is -2.15. The number of carbonyl (C=O) groups excluding carboxylic acids is 1. The molecule has 1 aliphatic rings. The lowest BCUT2D eigenvalue weighted by Gasteiger charge is -2.43. The molecule has 3 atom stereocenters. The van der Waals surface area contributed by atoms with Crippen molar-refractivity contribution in [2.24, 2.45) is 5.92 Å². The summed E-state index contributed by atoms with van der Waals surface area (Å²) < 4.78 is 0. The number of amides is 1. The van der Waals surface area contributed by atoms with Gasteiger partial charge in [0.1, 0.15) is 6.04 Å². The minimum atomic E-state index is -1.07. The van der Waals surface area contributed by atoms with Gasteiger partial charge in [-0.3, -0.25) is 4.79 Å². The van der Waals surface area contributed by atoms with E-state index in [0.29, 0.717) is 0 Å². The Morgan fingerprint density at radius 2 is 2.17 bits per heavy atom. The van der Waals surface area contributed by atoms with Crippen LogP contribution in [0.2, 0.25) is 0 Å². The lowest BCUT2D eigenvalue weighted by Crippen LogP contribution is -2.65. The summed E-state index contributed by atoms with van der Waals surface area (Å²) in [4.78, 5) is 22.7. The molecule has 1 saturated heterocycles. The zero-order valence-electron chi connectivity index (χ0n) is 6.89. The number of rotatable bonds is 2. The van der Waals surface area contributed by atoms with Crippen LogP contribution in [0.5, 0.6) is 0 Å². The quantitative estimate of drug-likeness (QED) is 0.520. The number of likely N-dealkylation sites (N-methyl/N-ethyl adjacent to an activating group) is 1. The molecular weight excluding hydrogens is 162 g/mol. The number of carboxylic acid groups (broad SMARTS) is 1. The van der Waals surface area contributed by atoms with E-state index in [9.17, 15) is 9.59 Å². The summed E-state index contributed by atoms with van der Waals surface area (Å²) in [6, 6.07) is -0.863. The normalized spacial score (nSPS) is 31.2. The average molecular weight is 173 g/mol. The van der Waals surface area contributed by atoms with Crippen molar-refractivity contribution in [1.29, 1.82) is 0 Å². The van der Waals surface area contributed by atoms with Crippen molar-refractivity contribution in [2.45, 2.75) is 19.1 Å². The SMILES string of the molecule is CC(O)C1C(=O)N(C)C1C(=O)O. The van der Waals surface area contributed by atoms with E-state index < -0.39 is 24.0 Å². The fourth-order valence-corrected chi connectivity index (χ4v) is 1.46. The minimum absolute atomic E-state index is 0.308. The molecule has 1 amide bonds. The molecule has 0 bridgehead atoms. The third-order valence-electron chi connectivity index (χ3n) is 2.16. The third-order valence-corrected chi connectivity index (χ3v) is 2.16. The Kier molecular flexibility index (Phi) is 2.06. The molecule has 12 heavy (non-hydrogen) atoms. The van der Waals surface area contributed by atoms with Crippen molar-refractivity contribution in [3.63, 3.8) is 0 Å². The molecule has 0 aromatic rings. The fraction of sp³-hybridized carbons (Fsp3) is 0.714. The smallest absolute Gasteiger partial charge is 0.327 e. The van der Waals surface area contributed by atoms with Gasteiger partial charge in [0.05, 0.1) is 12.0 Å². The van der Waals surface area contributed by atoms with Crippen molar-refractivity contribution in [3.05, 3.63) is 0 Å². The molecule has 0 aliphatic carbocycles. The predicted molar refractivity (Wildman–Crippen MR) is 39.4 cm³/mol. The van der Waals surface area contributed by atoms with Crippen LogP contribution < -0.4 is 0 Å². The maximum Gasteiger partial charge on any atom is 0.327 e. The number of likely N-dealkylation sites (tertiary alicyclic amines) is 1. The van der Waals surface area contributed by atoms with Crippen LogP contribution in [0.1, 0.15) is 6.92 Å². The van der Waals surface area contributed by atoms with E-state index in [4.69, 9.17) is 10.2 Å². The van der Waals surface area contributed by atoms with Gasteiger partial charge in [-0.05, 0) is 6.92 Å². The van der Waals surface area contributed by atoms with E-state index >= 15 is 0 Å². The van der Waals surface area contributed by atoms with Gasteiger partial charge < -0.3 is 15.1 Å². The Morgan fingerprint density at radius 3 is 2.42 bits per heavy atom. The highest BCUT2D eigenvalue weighted by molar-refractivity contribution is 5.96. The fourth-order valence-electron chi connectivity index (χ4n) is 1.46. The molecule has 0 spiro atoms. The first-order chi connectivity index (χ1) is 5.46. The molecule has 2 N–H and O–H groups in total. The molecule has 0 aromatic carbocycles. The van der Waals surface area contributed by atoms with Gasteiger partial charge in [0.2, 0.25) is 5.91 Å². The number of aliphatic carboxylic acids is 1. The molecule has 0 aromatic heterocycles. The number of β-lactam (4-membered cyclic amide) rings is 1. The Hall–Kier alpha value is -1.10.